The fraction of sp³-hybridized carbons (Fsp3) is 0.500. The molecule has 0 amide bonds. The van der Waals surface area contributed by atoms with Gasteiger partial charge in [0.15, 0.2) is 0 Å². The van der Waals surface area contributed by atoms with Gasteiger partial charge in [0.1, 0.15) is 11.9 Å². The Hall–Kier alpha value is -1.56. The van der Waals surface area contributed by atoms with E-state index in [9.17, 15) is 4.39 Å². The van der Waals surface area contributed by atoms with Gasteiger partial charge in [0.2, 0.25) is 0 Å². The molecule has 0 spiro atoms. The number of nitriles is 1. The molecule has 1 aromatic carbocycles. The molecule has 0 atom stereocenters. The van der Waals surface area contributed by atoms with Crippen LogP contribution in [0.2, 0.25) is 0 Å². The molecule has 3 heteroatoms. The average molecular weight is 230 g/mol. The van der Waals surface area contributed by atoms with Crippen LogP contribution in [-0.2, 0) is 0 Å². The minimum absolute atomic E-state index is 0.326. The smallest absolute Gasteiger partial charge is 0.124 e. The molecule has 1 aromatic rings. The summed E-state index contributed by atoms with van der Waals surface area (Å²) in [5.41, 5.74) is 1.39. The van der Waals surface area contributed by atoms with Crippen LogP contribution in [0.3, 0.4) is 0 Å². The number of benzene rings is 1. The van der Waals surface area contributed by atoms with Crippen molar-refractivity contribution in [3.05, 3.63) is 29.6 Å². The van der Waals surface area contributed by atoms with Crippen LogP contribution in [0.15, 0.2) is 18.2 Å². The molecule has 0 aromatic heterocycles. The summed E-state index contributed by atoms with van der Waals surface area (Å²) in [6, 6.07) is 7.25. The van der Waals surface area contributed by atoms with Crippen molar-refractivity contribution in [3.8, 4) is 6.07 Å². The van der Waals surface area contributed by atoms with Gasteiger partial charge in [-0.2, -0.15) is 5.26 Å². The summed E-state index contributed by atoms with van der Waals surface area (Å²) >= 11 is 0. The Morgan fingerprint density at radius 1 is 1.29 bits per heavy atom. The van der Waals surface area contributed by atoms with Crippen molar-refractivity contribution in [3.63, 3.8) is 0 Å². The fourth-order valence-corrected chi connectivity index (χ4v) is 2.26. The summed E-state index contributed by atoms with van der Waals surface area (Å²) < 4.78 is 13.1. The molecule has 2 aliphatic rings. The molecule has 0 heterocycles. The Labute approximate surface area is 101 Å². The maximum absolute atomic E-state index is 13.1. The van der Waals surface area contributed by atoms with E-state index in [-0.39, 0.29) is 5.82 Å². The number of halogens is 1. The minimum atomic E-state index is -0.326. The van der Waals surface area contributed by atoms with Crippen molar-refractivity contribution in [2.75, 3.05) is 11.4 Å². The molecular formula is C14H15FN2. The third-order valence-electron chi connectivity index (χ3n) is 3.53. The molecule has 0 unspecified atom stereocenters. The predicted molar refractivity (Wildman–Crippen MR) is 64.2 cm³/mol. The number of rotatable bonds is 4. The van der Waals surface area contributed by atoms with Crippen molar-refractivity contribution in [2.45, 2.75) is 31.7 Å². The molecular weight excluding hydrogens is 215 g/mol. The summed E-state index contributed by atoms with van der Waals surface area (Å²) in [6.45, 7) is 1.03. The lowest BCUT2D eigenvalue weighted by molar-refractivity contribution is 0.626. The summed E-state index contributed by atoms with van der Waals surface area (Å²) in [5, 5.41) is 9.10. The van der Waals surface area contributed by atoms with E-state index in [1.807, 2.05) is 0 Å². The minimum Gasteiger partial charge on any atom is -0.367 e. The van der Waals surface area contributed by atoms with Gasteiger partial charge >= 0.3 is 0 Å². The first-order valence-electron chi connectivity index (χ1n) is 6.24. The van der Waals surface area contributed by atoms with Gasteiger partial charge in [0.05, 0.1) is 11.3 Å². The normalized spacial score (nSPS) is 18.8. The highest BCUT2D eigenvalue weighted by molar-refractivity contribution is 5.60. The van der Waals surface area contributed by atoms with Gasteiger partial charge in [-0.3, -0.25) is 0 Å². The van der Waals surface area contributed by atoms with Gasteiger partial charge in [0, 0.05) is 12.6 Å². The lowest BCUT2D eigenvalue weighted by Crippen LogP contribution is -2.28. The highest BCUT2D eigenvalue weighted by Gasteiger charge is 2.34. The van der Waals surface area contributed by atoms with Crippen molar-refractivity contribution >= 4 is 5.69 Å². The maximum atomic E-state index is 13.1. The Morgan fingerprint density at radius 3 is 2.65 bits per heavy atom. The fourth-order valence-electron chi connectivity index (χ4n) is 2.26. The largest absolute Gasteiger partial charge is 0.367 e. The summed E-state index contributed by atoms with van der Waals surface area (Å²) in [7, 11) is 0. The molecule has 0 bridgehead atoms. The molecule has 2 saturated carbocycles. The molecule has 0 aliphatic heterocycles. The molecule has 0 N–H and O–H groups in total. The second-order valence-corrected chi connectivity index (χ2v) is 5.10. The first-order chi connectivity index (χ1) is 8.28. The molecule has 3 rings (SSSR count). The Morgan fingerprint density at radius 2 is 2.06 bits per heavy atom. The summed E-state index contributed by atoms with van der Waals surface area (Å²) in [6.07, 6.45) is 5.00. The van der Waals surface area contributed by atoms with Crippen LogP contribution in [0.1, 0.15) is 31.2 Å². The zero-order valence-corrected chi connectivity index (χ0v) is 9.69. The number of hydrogen-bond acceptors (Lipinski definition) is 2. The molecule has 17 heavy (non-hydrogen) atoms. The van der Waals surface area contributed by atoms with Crippen molar-refractivity contribution < 1.29 is 4.39 Å². The Balaban J connectivity index is 1.91. The van der Waals surface area contributed by atoms with E-state index >= 15 is 0 Å². The van der Waals surface area contributed by atoms with Crippen LogP contribution in [0, 0.1) is 23.1 Å². The first kappa shape index (κ1) is 10.6. The van der Waals surface area contributed by atoms with Crippen LogP contribution in [0.4, 0.5) is 10.1 Å². The Bertz CT molecular complexity index is 470. The topological polar surface area (TPSA) is 27.0 Å². The van der Waals surface area contributed by atoms with E-state index in [1.54, 1.807) is 6.07 Å². The second-order valence-electron chi connectivity index (χ2n) is 5.10. The predicted octanol–water partition coefficient (Wildman–Crippen LogP) is 3.08. The van der Waals surface area contributed by atoms with Crippen molar-refractivity contribution in [2.24, 2.45) is 5.92 Å². The van der Waals surface area contributed by atoms with Crippen LogP contribution < -0.4 is 4.90 Å². The van der Waals surface area contributed by atoms with Gasteiger partial charge in [-0.1, -0.05) is 0 Å². The first-order valence-corrected chi connectivity index (χ1v) is 6.24. The third kappa shape index (κ3) is 2.26. The van der Waals surface area contributed by atoms with Crippen molar-refractivity contribution in [1.82, 2.24) is 0 Å². The average Bonchev–Trinajstić information content (AvgIpc) is 3.18. The van der Waals surface area contributed by atoms with E-state index in [0.717, 1.165) is 18.2 Å². The second kappa shape index (κ2) is 4.03. The van der Waals surface area contributed by atoms with Crippen LogP contribution >= 0.6 is 0 Å². The third-order valence-corrected chi connectivity index (χ3v) is 3.53. The lowest BCUT2D eigenvalue weighted by Gasteiger charge is -2.25. The molecule has 2 fully saturated rings. The standard InChI is InChI=1S/C14H15FN2/c15-12-3-6-14(11(7-12)8-16)17(13-4-5-13)9-10-1-2-10/h3,6-7,10,13H,1-2,4-5,9H2. The van der Waals surface area contributed by atoms with E-state index in [1.165, 1.54) is 37.8 Å². The van der Waals surface area contributed by atoms with Crippen LogP contribution in [0.5, 0.6) is 0 Å². The number of nitrogens with zero attached hydrogens (tertiary/aromatic N) is 2. The van der Waals surface area contributed by atoms with Crippen LogP contribution in [-0.4, -0.2) is 12.6 Å². The zero-order chi connectivity index (χ0) is 11.8. The van der Waals surface area contributed by atoms with Crippen molar-refractivity contribution in [1.29, 1.82) is 5.26 Å². The maximum Gasteiger partial charge on any atom is 0.124 e. The quantitative estimate of drug-likeness (QED) is 0.794. The molecule has 2 nitrogen and oxygen atoms in total. The number of hydrogen-bond donors (Lipinski definition) is 0. The SMILES string of the molecule is N#Cc1cc(F)ccc1N(CC1CC1)C1CC1. The monoisotopic (exact) mass is 230 g/mol. The van der Waals surface area contributed by atoms with Gasteiger partial charge in [-0.15, -0.1) is 0 Å². The van der Waals surface area contributed by atoms with E-state index < -0.39 is 0 Å². The van der Waals surface area contributed by atoms with Gasteiger partial charge < -0.3 is 4.90 Å². The van der Waals surface area contributed by atoms with Gasteiger partial charge in [0.25, 0.3) is 0 Å². The van der Waals surface area contributed by atoms with E-state index in [0.29, 0.717) is 11.6 Å². The Kier molecular flexibility index (Phi) is 2.51. The van der Waals surface area contributed by atoms with E-state index in [2.05, 4.69) is 11.0 Å². The zero-order valence-electron chi connectivity index (χ0n) is 9.69. The number of anilines is 1. The highest BCUT2D eigenvalue weighted by Crippen LogP contribution is 2.38. The summed E-state index contributed by atoms with van der Waals surface area (Å²) in [5.74, 6) is 0.458. The highest BCUT2D eigenvalue weighted by atomic mass is 19.1. The van der Waals surface area contributed by atoms with E-state index in [4.69, 9.17) is 5.26 Å². The van der Waals surface area contributed by atoms with Crippen LogP contribution in [0.25, 0.3) is 0 Å². The molecule has 0 saturated heterocycles. The van der Waals surface area contributed by atoms with Gasteiger partial charge in [-0.05, 0) is 49.8 Å². The summed E-state index contributed by atoms with van der Waals surface area (Å²) in [4.78, 5) is 2.32. The lowest BCUT2D eigenvalue weighted by atomic mass is 10.1. The van der Waals surface area contributed by atoms with Gasteiger partial charge in [-0.25, -0.2) is 4.39 Å². The molecule has 88 valence electrons. The molecule has 0 radical (unpaired) electrons. The molecule has 2 aliphatic carbocycles.